The fraction of sp³-hybridized carbons (Fsp3) is 0.167. The number of hydrogen-bond donors (Lipinski definition) is 1. The molecule has 0 radical (unpaired) electrons. The molecule has 0 aliphatic carbocycles. The Morgan fingerprint density at radius 1 is 1.41 bits per heavy atom. The molecule has 1 aromatic heterocycles. The third kappa shape index (κ3) is 2.70. The molecule has 0 saturated heterocycles. The number of rotatable bonds is 3. The minimum absolute atomic E-state index is 0.282. The zero-order valence-electron chi connectivity index (χ0n) is 8.79. The van der Waals surface area contributed by atoms with Gasteiger partial charge in [0.25, 0.3) is 0 Å². The van der Waals surface area contributed by atoms with Crippen LogP contribution in [-0.4, -0.2) is 0 Å². The van der Waals surface area contributed by atoms with Gasteiger partial charge in [-0.2, -0.15) is 0 Å². The zero-order valence-corrected chi connectivity index (χ0v) is 11.1. The van der Waals surface area contributed by atoms with E-state index in [2.05, 4.69) is 15.9 Å². The molecule has 0 saturated carbocycles. The molecular formula is C12H10BrClFNO. The van der Waals surface area contributed by atoms with Crippen molar-refractivity contribution in [2.45, 2.75) is 12.5 Å². The van der Waals surface area contributed by atoms with Gasteiger partial charge in [0.2, 0.25) is 0 Å². The lowest BCUT2D eigenvalue weighted by Gasteiger charge is -2.11. The van der Waals surface area contributed by atoms with Gasteiger partial charge in [-0.15, -0.1) is 0 Å². The van der Waals surface area contributed by atoms with Gasteiger partial charge < -0.3 is 10.2 Å². The Labute approximate surface area is 112 Å². The Morgan fingerprint density at radius 2 is 2.18 bits per heavy atom. The lowest BCUT2D eigenvalue weighted by Crippen LogP contribution is -2.13. The maximum atomic E-state index is 13.3. The molecule has 0 aliphatic rings. The van der Waals surface area contributed by atoms with Crippen LogP contribution in [0, 0.1) is 5.82 Å². The monoisotopic (exact) mass is 317 g/mol. The average molecular weight is 319 g/mol. The lowest BCUT2D eigenvalue weighted by molar-refractivity contribution is 0.560. The van der Waals surface area contributed by atoms with Crippen molar-refractivity contribution in [2.75, 3.05) is 0 Å². The highest BCUT2D eigenvalue weighted by Crippen LogP contribution is 2.28. The number of furan rings is 1. The molecule has 1 heterocycles. The summed E-state index contributed by atoms with van der Waals surface area (Å²) >= 11 is 9.04. The van der Waals surface area contributed by atoms with Crippen molar-refractivity contribution in [3.63, 3.8) is 0 Å². The second-order valence-electron chi connectivity index (χ2n) is 3.67. The summed E-state index contributed by atoms with van der Waals surface area (Å²) in [6, 6.07) is 6.27. The van der Waals surface area contributed by atoms with Gasteiger partial charge >= 0.3 is 0 Å². The molecule has 90 valence electrons. The molecule has 5 heteroatoms. The van der Waals surface area contributed by atoms with Crippen molar-refractivity contribution in [3.05, 3.63) is 57.2 Å². The van der Waals surface area contributed by atoms with Crippen LogP contribution in [0.15, 0.2) is 39.4 Å². The first kappa shape index (κ1) is 12.6. The summed E-state index contributed by atoms with van der Waals surface area (Å²) in [6.45, 7) is 0. The molecule has 2 N–H and O–H groups in total. The molecule has 0 aliphatic heterocycles. The van der Waals surface area contributed by atoms with Crippen LogP contribution >= 0.6 is 27.5 Å². The third-order valence-corrected chi connectivity index (χ3v) is 3.71. The van der Waals surface area contributed by atoms with E-state index < -0.39 is 0 Å². The van der Waals surface area contributed by atoms with Crippen molar-refractivity contribution in [1.82, 2.24) is 0 Å². The van der Waals surface area contributed by atoms with Crippen LogP contribution in [0.5, 0.6) is 0 Å². The first-order valence-corrected chi connectivity index (χ1v) is 6.18. The molecule has 1 unspecified atom stereocenters. The van der Waals surface area contributed by atoms with Gasteiger partial charge in [-0.1, -0.05) is 12.1 Å². The van der Waals surface area contributed by atoms with Crippen molar-refractivity contribution < 1.29 is 8.81 Å². The fourth-order valence-electron chi connectivity index (χ4n) is 1.62. The molecule has 1 atom stereocenters. The minimum Gasteiger partial charge on any atom is -0.453 e. The van der Waals surface area contributed by atoms with Crippen molar-refractivity contribution >= 4 is 27.5 Å². The summed E-state index contributed by atoms with van der Waals surface area (Å²) < 4.78 is 18.7. The van der Waals surface area contributed by atoms with E-state index in [1.165, 1.54) is 12.3 Å². The quantitative estimate of drug-likeness (QED) is 0.926. The van der Waals surface area contributed by atoms with E-state index in [1.54, 1.807) is 12.1 Å². The van der Waals surface area contributed by atoms with Crippen LogP contribution in [0.3, 0.4) is 0 Å². The lowest BCUT2D eigenvalue weighted by atomic mass is 10.0. The third-order valence-electron chi connectivity index (χ3n) is 2.52. The van der Waals surface area contributed by atoms with Gasteiger partial charge in [-0.3, -0.25) is 0 Å². The van der Waals surface area contributed by atoms with Gasteiger partial charge in [0, 0.05) is 11.6 Å². The molecule has 2 aromatic rings. The van der Waals surface area contributed by atoms with Gasteiger partial charge in [0.1, 0.15) is 5.82 Å². The molecular weight excluding hydrogens is 308 g/mol. The summed E-state index contributed by atoms with van der Waals surface area (Å²) in [5, 5.41) is 0.282. The summed E-state index contributed by atoms with van der Waals surface area (Å²) in [7, 11) is 0. The molecule has 0 amide bonds. The number of nitrogens with two attached hydrogens (primary N) is 1. The molecule has 1 aromatic carbocycles. The van der Waals surface area contributed by atoms with Crippen LogP contribution in [-0.2, 0) is 6.42 Å². The van der Waals surface area contributed by atoms with Gasteiger partial charge in [-0.05, 0) is 51.6 Å². The maximum Gasteiger partial charge on any atom is 0.197 e. The largest absolute Gasteiger partial charge is 0.453 e. The standard InChI is InChI=1S/C12H10BrClFNO/c13-11-7(2-1-3-9(11)15)6-10(16)8-4-5-17-12(8)14/h1-5,10H,6,16H2. The van der Waals surface area contributed by atoms with Crippen LogP contribution in [0.2, 0.25) is 5.22 Å². The Kier molecular flexibility index (Phi) is 3.86. The van der Waals surface area contributed by atoms with E-state index in [0.717, 1.165) is 11.1 Å². The molecule has 0 bridgehead atoms. The molecule has 2 nitrogen and oxygen atoms in total. The number of hydrogen-bond acceptors (Lipinski definition) is 2. The van der Waals surface area contributed by atoms with Crippen LogP contribution < -0.4 is 5.73 Å². The smallest absolute Gasteiger partial charge is 0.197 e. The van der Waals surface area contributed by atoms with Gasteiger partial charge in [0.15, 0.2) is 5.22 Å². The molecule has 0 fully saturated rings. The van der Waals surface area contributed by atoms with Crippen molar-refractivity contribution in [1.29, 1.82) is 0 Å². The van der Waals surface area contributed by atoms with Crippen molar-refractivity contribution in [3.8, 4) is 0 Å². The first-order valence-electron chi connectivity index (χ1n) is 5.01. The molecule has 0 spiro atoms. The second kappa shape index (κ2) is 5.21. The Balaban J connectivity index is 2.22. The normalized spacial score (nSPS) is 12.7. The highest BCUT2D eigenvalue weighted by Gasteiger charge is 2.15. The van der Waals surface area contributed by atoms with E-state index >= 15 is 0 Å². The van der Waals surface area contributed by atoms with Gasteiger partial charge in [-0.25, -0.2) is 4.39 Å². The van der Waals surface area contributed by atoms with E-state index in [0.29, 0.717) is 10.9 Å². The molecule has 2 rings (SSSR count). The second-order valence-corrected chi connectivity index (χ2v) is 4.81. The Morgan fingerprint density at radius 3 is 2.82 bits per heavy atom. The number of halogens is 3. The van der Waals surface area contributed by atoms with Crippen LogP contribution in [0.25, 0.3) is 0 Å². The Hall–Kier alpha value is -0.840. The minimum atomic E-state index is -0.320. The highest BCUT2D eigenvalue weighted by molar-refractivity contribution is 9.10. The first-order chi connectivity index (χ1) is 8.09. The summed E-state index contributed by atoms with van der Waals surface area (Å²) in [5.74, 6) is -0.298. The van der Waals surface area contributed by atoms with E-state index in [-0.39, 0.29) is 17.1 Å². The fourth-order valence-corrected chi connectivity index (χ4v) is 2.30. The SMILES string of the molecule is NC(Cc1cccc(F)c1Br)c1ccoc1Cl. The average Bonchev–Trinajstić information content (AvgIpc) is 2.71. The topological polar surface area (TPSA) is 39.2 Å². The Bertz CT molecular complexity index is 529. The highest BCUT2D eigenvalue weighted by atomic mass is 79.9. The zero-order chi connectivity index (χ0) is 12.4. The summed E-state index contributed by atoms with van der Waals surface area (Å²) in [6.07, 6.45) is 1.97. The van der Waals surface area contributed by atoms with Crippen LogP contribution in [0.1, 0.15) is 17.2 Å². The molecule has 17 heavy (non-hydrogen) atoms. The van der Waals surface area contributed by atoms with E-state index in [1.807, 2.05) is 6.07 Å². The predicted molar refractivity (Wildman–Crippen MR) is 68.5 cm³/mol. The number of benzene rings is 1. The summed E-state index contributed by atoms with van der Waals surface area (Å²) in [4.78, 5) is 0. The van der Waals surface area contributed by atoms with Crippen molar-refractivity contribution in [2.24, 2.45) is 5.73 Å². The van der Waals surface area contributed by atoms with Gasteiger partial charge in [0.05, 0.1) is 10.7 Å². The van der Waals surface area contributed by atoms with Crippen LogP contribution in [0.4, 0.5) is 4.39 Å². The van der Waals surface area contributed by atoms with E-state index in [4.69, 9.17) is 21.8 Å². The predicted octanol–water partition coefficient (Wildman–Crippen LogP) is 4.08. The maximum absolute atomic E-state index is 13.3. The van der Waals surface area contributed by atoms with E-state index in [9.17, 15) is 4.39 Å². The summed E-state index contributed by atoms with van der Waals surface area (Å²) in [5.41, 5.74) is 7.53.